The van der Waals surface area contributed by atoms with Crippen LogP contribution in [-0.4, -0.2) is 25.7 Å². The van der Waals surface area contributed by atoms with Gasteiger partial charge in [-0.3, -0.25) is 9.58 Å². The average molecular weight is 342 g/mol. The predicted molar refractivity (Wildman–Crippen MR) is 94.2 cm³/mol. The van der Waals surface area contributed by atoms with Gasteiger partial charge in [0.05, 0.1) is 11.9 Å². The van der Waals surface area contributed by atoms with E-state index in [4.69, 9.17) is 4.42 Å². The molecule has 0 N–H and O–H groups in total. The third-order valence-corrected chi connectivity index (χ3v) is 4.21. The van der Waals surface area contributed by atoms with Crippen LogP contribution in [0.5, 0.6) is 0 Å². The van der Waals surface area contributed by atoms with Gasteiger partial charge in [0.15, 0.2) is 0 Å². The second-order valence-corrected chi connectivity index (χ2v) is 6.55. The van der Waals surface area contributed by atoms with E-state index in [0.717, 1.165) is 29.1 Å². The highest BCUT2D eigenvalue weighted by molar-refractivity contribution is 5.53. The van der Waals surface area contributed by atoms with E-state index in [9.17, 15) is 4.39 Å². The van der Waals surface area contributed by atoms with Gasteiger partial charge < -0.3 is 4.42 Å². The minimum absolute atomic E-state index is 0.269. The highest BCUT2D eigenvalue weighted by Crippen LogP contribution is 2.23. The SMILES string of the molecule is Cc1oc(-c2ccc(F)cc2)nc1CN(Cc1cnn(C)c1)C(C)C. The number of hydrogen-bond acceptors (Lipinski definition) is 4. The maximum absolute atomic E-state index is 13.1. The summed E-state index contributed by atoms with van der Waals surface area (Å²) in [4.78, 5) is 6.94. The van der Waals surface area contributed by atoms with E-state index in [1.165, 1.54) is 12.1 Å². The van der Waals surface area contributed by atoms with Crippen LogP contribution in [0.4, 0.5) is 4.39 Å². The van der Waals surface area contributed by atoms with Gasteiger partial charge in [0.25, 0.3) is 0 Å². The zero-order chi connectivity index (χ0) is 18.0. The van der Waals surface area contributed by atoms with Crippen molar-refractivity contribution < 1.29 is 8.81 Å². The number of aromatic nitrogens is 3. The first-order valence-corrected chi connectivity index (χ1v) is 8.36. The molecular formula is C19H23FN4O. The lowest BCUT2D eigenvalue weighted by Gasteiger charge is -2.25. The first-order valence-electron chi connectivity index (χ1n) is 8.36. The smallest absolute Gasteiger partial charge is 0.226 e. The molecule has 2 heterocycles. The lowest BCUT2D eigenvalue weighted by molar-refractivity contribution is 0.200. The Morgan fingerprint density at radius 2 is 1.92 bits per heavy atom. The quantitative estimate of drug-likeness (QED) is 0.681. The predicted octanol–water partition coefficient (Wildman–Crippen LogP) is 3.93. The van der Waals surface area contributed by atoms with Gasteiger partial charge in [-0.05, 0) is 45.0 Å². The molecule has 0 amide bonds. The van der Waals surface area contributed by atoms with Crippen LogP contribution in [0.15, 0.2) is 41.1 Å². The summed E-state index contributed by atoms with van der Waals surface area (Å²) in [6.07, 6.45) is 3.91. The maximum Gasteiger partial charge on any atom is 0.226 e. The third-order valence-electron chi connectivity index (χ3n) is 4.21. The Labute approximate surface area is 147 Å². The minimum Gasteiger partial charge on any atom is -0.441 e. The molecule has 0 unspecified atom stereocenters. The molecule has 0 radical (unpaired) electrons. The molecule has 0 bridgehead atoms. The van der Waals surface area contributed by atoms with Crippen molar-refractivity contribution in [1.29, 1.82) is 0 Å². The molecule has 0 saturated heterocycles. The Bertz CT molecular complexity index is 835. The normalized spacial score (nSPS) is 11.6. The van der Waals surface area contributed by atoms with Crippen molar-refractivity contribution in [2.24, 2.45) is 7.05 Å². The summed E-state index contributed by atoms with van der Waals surface area (Å²) in [5.74, 6) is 1.04. The van der Waals surface area contributed by atoms with Crippen LogP contribution in [0.25, 0.3) is 11.5 Å². The van der Waals surface area contributed by atoms with E-state index in [0.29, 0.717) is 18.5 Å². The van der Waals surface area contributed by atoms with E-state index < -0.39 is 0 Å². The molecular weight excluding hydrogens is 319 g/mol. The Morgan fingerprint density at radius 3 is 2.52 bits per heavy atom. The van der Waals surface area contributed by atoms with Crippen LogP contribution in [0.3, 0.4) is 0 Å². The van der Waals surface area contributed by atoms with Gasteiger partial charge in [-0.25, -0.2) is 9.37 Å². The summed E-state index contributed by atoms with van der Waals surface area (Å²) in [5, 5.41) is 4.23. The molecule has 5 nitrogen and oxygen atoms in total. The van der Waals surface area contributed by atoms with Gasteiger partial charge in [0.2, 0.25) is 5.89 Å². The van der Waals surface area contributed by atoms with Crippen LogP contribution >= 0.6 is 0 Å². The molecule has 6 heteroatoms. The molecule has 0 aliphatic heterocycles. The minimum atomic E-state index is -0.269. The van der Waals surface area contributed by atoms with Crippen molar-refractivity contribution >= 4 is 0 Å². The standard InChI is InChI=1S/C19H23FN4O/c1-13(2)24(11-15-9-21-23(4)10-15)12-18-14(3)25-19(22-18)16-5-7-17(20)8-6-16/h5-10,13H,11-12H2,1-4H3. The fourth-order valence-electron chi connectivity index (χ4n) is 2.69. The van der Waals surface area contributed by atoms with Crippen molar-refractivity contribution in [3.63, 3.8) is 0 Å². The number of hydrogen-bond donors (Lipinski definition) is 0. The topological polar surface area (TPSA) is 47.1 Å². The lowest BCUT2D eigenvalue weighted by atomic mass is 10.2. The summed E-state index contributed by atoms with van der Waals surface area (Å²) in [6.45, 7) is 7.71. The van der Waals surface area contributed by atoms with E-state index in [2.05, 4.69) is 28.8 Å². The maximum atomic E-state index is 13.1. The molecule has 0 atom stereocenters. The second kappa shape index (κ2) is 7.19. The van der Waals surface area contributed by atoms with Gasteiger partial charge >= 0.3 is 0 Å². The zero-order valence-electron chi connectivity index (χ0n) is 15.0. The third kappa shape index (κ3) is 4.14. The number of oxazole rings is 1. The molecule has 132 valence electrons. The number of rotatable bonds is 6. The Kier molecular flexibility index (Phi) is 4.99. The van der Waals surface area contributed by atoms with Crippen LogP contribution in [0.2, 0.25) is 0 Å². The van der Waals surface area contributed by atoms with Crippen LogP contribution in [0.1, 0.15) is 30.9 Å². The molecule has 3 aromatic rings. The second-order valence-electron chi connectivity index (χ2n) is 6.55. The summed E-state index contributed by atoms with van der Waals surface area (Å²) in [7, 11) is 1.92. The van der Waals surface area contributed by atoms with Gasteiger partial charge in [-0.15, -0.1) is 0 Å². The van der Waals surface area contributed by atoms with E-state index >= 15 is 0 Å². The summed E-state index contributed by atoms with van der Waals surface area (Å²) >= 11 is 0. The summed E-state index contributed by atoms with van der Waals surface area (Å²) in [6, 6.07) is 6.54. The molecule has 0 saturated carbocycles. The summed E-state index contributed by atoms with van der Waals surface area (Å²) < 4.78 is 20.7. The van der Waals surface area contributed by atoms with Crippen LogP contribution < -0.4 is 0 Å². The monoisotopic (exact) mass is 342 g/mol. The van der Waals surface area contributed by atoms with Crippen LogP contribution in [-0.2, 0) is 20.1 Å². The van der Waals surface area contributed by atoms with Gasteiger partial charge in [0, 0.05) is 43.5 Å². The molecule has 0 aliphatic carbocycles. The highest BCUT2D eigenvalue weighted by atomic mass is 19.1. The highest BCUT2D eigenvalue weighted by Gasteiger charge is 2.18. The van der Waals surface area contributed by atoms with Crippen molar-refractivity contribution in [3.05, 3.63) is 59.5 Å². The Morgan fingerprint density at radius 1 is 1.20 bits per heavy atom. The fraction of sp³-hybridized carbons (Fsp3) is 0.368. The van der Waals surface area contributed by atoms with Gasteiger partial charge in [-0.1, -0.05) is 0 Å². The number of benzene rings is 1. The Balaban J connectivity index is 1.79. The molecule has 3 rings (SSSR count). The van der Waals surface area contributed by atoms with Gasteiger partial charge in [0.1, 0.15) is 11.6 Å². The van der Waals surface area contributed by atoms with Crippen molar-refractivity contribution in [3.8, 4) is 11.5 Å². The molecule has 25 heavy (non-hydrogen) atoms. The van der Waals surface area contributed by atoms with Crippen molar-refractivity contribution in [2.45, 2.75) is 39.9 Å². The molecule has 2 aromatic heterocycles. The van der Waals surface area contributed by atoms with Gasteiger partial charge in [-0.2, -0.15) is 5.10 Å². The molecule has 0 fully saturated rings. The van der Waals surface area contributed by atoms with E-state index in [1.54, 1.807) is 12.1 Å². The first kappa shape index (κ1) is 17.4. The van der Waals surface area contributed by atoms with Crippen molar-refractivity contribution in [1.82, 2.24) is 19.7 Å². The van der Waals surface area contributed by atoms with E-state index in [-0.39, 0.29) is 5.82 Å². The average Bonchev–Trinajstić information content (AvgIpc) is 3.13. The van der Waals surface area contributed by atoms with Crippen LogP contribution in [0, 0.1) is 12.7 Å². The number of nitrogens with zero attached hydrogens (tertiary/aromatic N) is 4. The molecule has 0 spiro atoms. The number of halogens is 1. The number of aryl methyl sites for hydroxylation is 2. The zero-order valence-corrected chi connectivity index (χ0v) is 15.0. The Hall–Kier alpha value is -2.47. The van der Waals surface area contributed by atoms with Crippen molar-refractivity contribution in [2.75, 3.05) is 0 Å². The molecule has 1 aromatic carbocycles. The fourth-order valence-corrected chi connectivity index (χ4v) is 2.69. The lowest BCUT2D eigenvalue weighted by Crippen LogP contribution is -2.30. The first-order chi connectivity index (χ1) is 11.9. The summed E-state index contributed by atoms with van der Waals surface area (Å²) in [5.41, 5.74) is 2.84. The van der Waals surface area contributed by atoms with E-state index in [1.807, 2.05) is 31.0 Å². The molecule has 0 aliphatic rings. The largest absolute Gasteiger partial charge is 0.441 e.